The second kappa shape index (κ2) is 9.23. The minimum atomic E-state index is -0.450. The van der Waals surface area contributed by atoms with E-state index < -0.39 is 11.1 Å². The summed E-state index contributed by atoms with van der Waals surface area (Å²) in [6.45, 7) is 1.79. The highest BCUT2D eigenvalue weighted by Gasteiger charge is 2.21. The second-order valence-corrected chi connectivity index (χ2v) is 8.93. The Bertz CT molecular complexity index is 1130. The molecule has 1 N–H and O–H groups in total. The zero-order chi connectivity index (χ0) is 20.9. The molecule has 0 aliphatic rings. The first-order valence-corrected chi connectivity index (χ1v) is 11.1. The van der Waals surface area contributed by atoms with E-state index in [1.807, 2.05) is 46.3 Å². The Morgan fingerprint density at radius 3 is 2.70 bits per heavy atom. The molecule has 2 aromatic heterocycles. The van der Waals surface area contributed by atoms with Gasteiger partial charge < -0.3 is 5.32 Å². The first-order chi connectivity index (χ1) is 14.6. The fourth-order valence-electron chi connectivity index (χ4n) is 2.92. The normalized spacial score (nSPS) is 11.9. The van der Waals surface area contributed by atoms with Gasteiger partial charge in [0.15, 0.2) is 5.16 Å². The lowest BCUT2D eigenvalue weighted by Gasteiger charge is -2.14. The SMILES string of the molecule is CC(Sc1nnc(Cc2cccs2)n1-c1ccccc1)C(=O)Nc1cccc(F)c1. The molecule has 1 unspecified atom stereocenters. The second-order valence-electron chi connectivity index (χ2n) is 6.59. The largest absolute Gasteiger partial charge is 0.325 e. The summed E-state index contributed by atoms with van der Waals surface area (Å²) >= 11 is 2.99. The van der Waals surface area contributed by atoms with Gasteiger partial charge in [0, 0.05) is 22.7 Å². The van der Waals surface area contributed by atoms with E-state index in [0.717, 1.165) is 11.5 Å². The van der Waals surface area contributed by atoms with Crippen molar-refractivity contribution in [3.63, 3.8) is 0 Å². The zero-order valence-electron chi connectivity index (χ0n) is 16.2. The first kappa shape index (κ1) is 20.3. The minimum Gasteiger partial charge on any atom is -0.325 e. The van der Waals surface area contributed by atoms with E-state index >= 15 is 0 Å². The predicted molar refractivity (Wildman–Crippen MR) is 119 cm³/mol. The van der Waals surface area contributed by atoms with Crippen LogP contribution in [0.5, 0.6) is 0 Å². The molecule has 0 saturated heterocycles. The Morgan fingerprint density at radius 2 is 1.97 bits per heavy atom. The fourth-order valence-corrected chi connectivity index (χ4v) is 4.51. The van der Waals surface area contributed by atoms with Gasteiger partial charge in [-0.05, 0) is 48.7 Å². The number of thiophene rings is 1. The minimum absolute atomic E-state index is 0.229. The number of halogens is 1. The fraction of sp³-hybridized carbons (Fsp3) is 0.136. The monoisotopic (exact) mass is 438 g/mol. The van der Waals surface area contributed by atoms with Crippen molar-refractivity contribution in [2.75, 3.05) is 5.32 Å². The summed E-state index contributed by atoms with van der Waals surface area (Å²) < 4.78 is 15.4. The summed E-state index contributed by atoms with van der Waals surface area (Å²) in [5, 5.41) is 13.7. The van der Waals surface area contributed by atoms with Gasteiger partial charge in [0.2, 0.25) is 5.91 Å². The Labute approximate surface area is 182 Å². The zero-order valence-corrected chi connectivity index (χ0v) is 17.8. The van der Waals surface area contributed by atoms with E-state index in [-0.39, 0.29) is 5.91 Å². The number of thioether (sulfide) groups is 1. The highest BCUT2D eigenvalue weighted by Crippen LogP contribution is 2.28. The number of nitrogens with zero attached hydrogens (tertiary/aromatic N) is 3. The maximum Gasteiger partial charge on any atom is 0.237 e. The van der Waals surface area contributed by atoms with Crippen LogP contribution in [0.4, 0.5) is 10.1 Å². The molecule has 0 aliphatic heterocycles. The van der Waals surface area contributed by atoms with Gasteiger partial charge in [0.25, 0.3) is 0 Å². The van der Waals surface area contributed by atoms with Crippen molar-refractivity contribution in [1.29, 1.82) is 0 Å². The summed E-state index contributed by atoms with van der Waals surface area (Å²) in [4.78, 5) is 13.8. The molecule has 152 valence electrons. The summed E-state index contributed by atoms with van der Waals surface area (Å²) in [6.07, 6.45) is 0.657. The van der Waals surface area contributed by atoms with Crippen LogP contribution in [0.1, 0.15) is 17.6 Å². The molecule has 2 aromatic carbocycles. The lowest BCUT2D eigenvalue weighted by molar-refractivity contribution is -0.115. The molecule has 0 fully saturated rings. The first-order valence-electron chi connectivity index (χ1n) is 9.35. The maximum atomic E-state index is 13.4. The van der Waals surface area contributed by atoms with Gasteiger partial charge in [-0.1, -0.05) is 42.1 Å². The molecule has 0 spiro atoms. The molecule has 1 atom stereocenters. The molecule has 1 amide bonds. The van der Waals surface area contributed by atoms with Gasteiger partial charge in [0.1, 0.15) is 11.6 Å². The summed E-state index contributed by atoms with van der Waals surface area (Å²) in [5.74, 6) is 0.187. The predicted octanol–water partition coefficient (Wildman–Crippen LogP) is 5.18. The number of rotatable bonds is 7. The molecule has 8 heteroatoms. The van der Waals surface area contributed by atoms with E-state index in [0.29, 0.717) is 17.3 Å². The molecular formula is C22H19FN4OS2. The number of hydrogen-bond donors (Lipinski definition) is 1. The van der Waals surface area contributed by atoms with Crippen LogP contribution in [0.3, 0.4) is 0 Å². The number of benzene rings is 2. The summed E-state index contributed by atoms with van der Waals surface area (Å²) in [5.41, 5.74) is 1.37. The van der Waals surface area contributed by atoms with Gasteiger partial charge in [-0.2, -0.15) is 0 Å². The molecular weight excluding hydrogens is 419 g/mol. The third kappa shape index (κ3) is 4.77. The molecule has 0 bridgehead atoms. The van der Waals surface area contributed by atoms with Crippen molar-refractivity contribution < 1.29 is 9.18 Å². The number of aromatic nitrogens is 3. The van der Waals surface area contributed by atoms with Crippen LogP contribution in [-0.4, -0.2) is 25.9 Å². The number of carbonyl (C=O) groups excluding carboxylic acids is 1. The van der Waals surface area contributed by atoms with E-state index in [1.165, 1.54) is 28.8 Å². The van der Waals surface area contributed by atoms with Crippen molar-refractivity contribution in [3.8, 4) is 5.69 Å². The Hall–Kier alpha value is -2.97. The lowest BCUT2D eigenvalue weighted by atomic mass is 10.3. The smallest absolute Gasteiger partial charge is 0.237 e. The molecule has 4 aromatic rings. The van der Waals surface area contributed by atoms with Crippen molar-refractivity contribution in [1.82, 2.24) is 14.8 Å². The van der Waals surface area contributed by atoms with E-state index in [4.69, 9.17) is 0 Å². The number of anilines is 1. The van der Waals surface area contributed by atoms with Gasteiger partial charge >= 0.3 is 0 Å². The summed E-state index contributed by atoms with van der Waals surface area (Å²) in [6, 6.07) is 19.8. The Balaban J connectivity index is 1.57. The van der Waals surface area contributed by atoms with Crippen LogP contribution < -0.4 is 5.32 Å². The van der Waals surface area contributed by atoms with Crippen molar-refractivity contribution in [2.24, 2.45) is 0 Å². The van der Waals surface area contributed by atoms with E-state index in [2.05, 4.69) is 21.6 Å². The number of para-hydroxylation sites is 1. The molecule has 30 heavy (non-hydrogen) atoms. The van der Waals surface area contributed by atoms with Crippen molar-refractivity contribution in [2.45, 2.75) is 23.8 Å². The standard InChI is InChI=1S/C22H19FN4OS2/c1-15(21(28)24-17-8-5-7-16(23)13-17)30-22-26-25-20(14-19-11-6-12-29-19)27(22)18-9-3-2-4-10-18/h2-13,15H,14H2,1H3,(H,24,28). The van der Waals surface area contributed by atoms with Crippen molar-refractivity contribution in [3.05, 3.63) is 88.6 Å². The van der Waals surface area contributed by atoms with Crippen LogP contribution in [0.25, 0.3) is 5.69 Å². The average molecular weight is 439 g/mol. The molecule has 4 rings (SSSR count). The molecule has 5 nitrogen and oxygen atoms in total. The summed E-state index contributed by atoms with van der Waals surface area (Å²) in [7, 11) is 0. The van der Waals surface area contributed by atoms with Gasteiger partial charge in [0.05, 0.1) is 5.25 Å². The third-order valence-electron chi connectivity index (χ3n) is 4.37. The highest BCUT2D eigenvalue weighted by molar-refractivity contribution is 8.00. The highest BCUT2D eigenvalue weighted by atomic mass is 32.2. The molecule has 0 radical (unpaired) electrons. The van der Waals surface area contributed by atoms with Gasteiger partial charge in [-0.15, -0.1) is 21.5 Å². The third-order valence-corrected chi connectivity index (χ3v) is 6.29. The Morgan fingerprint density at radius 1 is 1.13 bits per heavy atom. The van der Waals surface area contributed by atoms with Crippen LogP contribution in [-0.2, 0) is 11.2 Å². The molecule has 2 heterocycles. The van der Waals surface area contributed by atoms with Gasteiger partial charge in [-0.3, -0.25) is 9.36 Å². The number of amides is 1. The van der Waals surface area contributed by atoms with Crippen LogP contribution in [0, 0.1) is 5.82 Å². The van der Waals surface area contributed by atoms with E-state index in [1.54, 1.807) is 30.4 Å². The van der Waals surface area contributed by atoms with E-state index in [9.17, 15) is 9.18 Å². The quantitative estimate of drug-likeness (QED) is 0.404. The lowest BCUT2D eigenvalue weighted by Crippen LogP contribution is -2.23. The average Bonchev–Trinajstić information content (AvgIpc) is 3.39. The Kier molecular flexibility index (Phi) is 6.25. The van der Waals surface area contributed by atoms with Crippen molar-refractivity contribution >= 4 is 34.7 Å². The maximum absolute atomic E-state index is 13.4. The number of nitrogens with one attached hydrogen (secondary N) is 1. The van der Waals surface area contributed by atoms with Gasteiger partial charge in [-0.25, -0.2) is 4.39 Å². The topological polar surface area (TPSA) is 59.8 Å². The van der Waals surface area contributed by atoms with Crippen LogP contribution in [0.2, 0.25) is 0 Å². The van der Waals surface area contributed by atoms with Crippen LogP contribution >= 0.6 is 23.1 Å². The molecule has 0 saturated carbocycles. The number of hydrogen-bond acceptors (Lipinski definition) is 5. The molecule has 0 aliphatic carbocycles. The number of carbonyl (C=O) groups is 1. The van der Waals surface area contributed by atoms with Crippen LogP contribution in [0.15, 0.2) is 77.3 Å².